The molecule has 1 aliphatic carbocycles. The number of aromatic nitrogens is 1. The van der Waals surface area contributed by atoms with Gasteiger partial charge in [-0.3, -0.25) is 14.5 Å². The van der Waals surface area contributed by atoms with Crippen molar-refractivity contribution in [1.82, 2.24) is 20.3 Å². The van der Waals surface area contributed by atoms with Crippen molar-refractivity contribution in [1.29, 1.82) is 0 Å². The zero-order chi connectivity index (χ0) is 17.2. The number of nitrogens with zero attached hydrogens (tertiary/aromatic N) is 3. The molecule has 3 heterocycles. The molecule has 0 aromatic carbocycles. The Bertz CT molecular complexity index is 626. The molecule has 3 fully saturated rings. The maximum atomic E-state index is 12.3. The van der Waals surface area contributed by atoms with Crippen molar-refractivity contribution in [2.24, 2.45) is 0 Å². The van der Waals surface area contributed by atoms with E-state index in [1.807, 2.05) is 4.90 Å². The van der Waals surface area contributed by atoms with Gasteiger partial charge in [-0.05, 0) is 38.5 Å². The third-order valence-corrected chi connectivity index (χ3v) is 5.48. The predicted octanol–water partition coefficient (Wildman–Crippen LogP) is 1.37. The molecule has 0 atom stereocenters. The fraction of sp³-hybridized carbons (Fsp3) is 0.722. The Morgan fingerprint density at radius 2 is 1.84 bits per heavy atom. The molecule has 1 saturated carbocycles. The van der Waals surface area contributed by atoms with Gasteiger partial charge in [-0.15, -0.1) is 0 Å². The number of rotatable bonds is 5. The lowest BCUT2D eigenvalue weighted by Gasteiger charge is -2.32. The summed E-state index contributed by atoms with van der Waals surface area (Å²) in [4.78, 5) is 28.7. The normalized spacial score (nSPS) is 22.3. The first kappa shape index (κ1) is 16.6. The van der Waals surface area contributed by atoms with E-state index in [4.69, 9.17) is 4.52 Å². The second kappa shape index (κ2) is 7.15. The summed E-state index contributed by atoms with van der Waals surface area (Å²) in [6.07, 6.45) is 6.25. The van der Waals surface area contributed by atoms with E-state index in [9.17, 15) is 9.59 Å². The summed E-state index contributed by atoms with van der Waals surface area (Å²) in [5.41, 5.74) is 0.383. The van der Waals surface area contributed by atoms with Crippen LogP contribution in [0.15, 0.2) is 10.6 Å². The van der Waals surface area contributed by atoms with Crippen LogP contribution >= 0.6 is 0 Å². The monoisotopic (exact) mass is 346 g/mol. The van der Waals surface area contributed by atoms with Gasteiger partial charge in [-0.1, -0.05) is 5.16 Å². The molecule has 0 radical (unpaired) electrons. The van der Waals surface area contributed by atoms with Crippen LogP contribution in [0.5, 0.6) is 0 Å². The summed E-state index contributed by atoms with van der Waals surface area (Å²) in [7, 11) is 0. The van der Waals surface area contributed by atoms with Crippen LogP contribution < -0.4 is 5.32 Å². The van der Waals surface area contributed by atoms with Crippen molar-refractivity contribution in [2.75, 3.05) is 32.7 Å². The Labute approximate surface area is 147 Å². The summed E-state index contributed by atoms with van der Waals surface area (Å²) in [6.45, 7) is 4.01. The van der Waals surface area contributed by atoms with Crippen LogP contribution in [0.25, 0.3) is 0 Å². The van der Waals surface area contributed by atoms with E-state index in [1.54, 1.807) is 6.07 Å². The van der Waals surface area contributed by atoms with Gasteiger partial charge in [0.05, 0.1) is 6.54 Å². The number of amides is 2. The number of carbonyl (C=O) groups excluding carboxylic acids is 2. The first-order valence-corrected chi connectivity index (χ1v) is 9.46. The first-order valence-electron chi connectivity index (χ1n) is 9.46. The minimum Gasteiger partial charge on any atom is -0.360 e. The summed E-state index contributed by atoms with van der Waals surface area (Å²) in [5.74, 6) is 1.39. The molecule has 7 nitrogen and oxygen atoms in total. The van der Waals surface area contributed by atoms with Gasteiger partial charge in [-0.25, -0.2) is 0 Å². The molecule has 0 spiro atoms. The van der Waals surface area contributed by atoms with Crippen LogP contribution in [0.2, 0.25) is 0 Å². The molecule has 0 unspecified atom stereocenters. The number of hydrogen-bond acceptors (Lipinski definition) is 5. The molecule has 2 amide bonds. The van der Waals surface area contributed by atoms with Crippen molar-refractivity contribution in [3.8, 4) is 0 Å². The van der Waals surface area contributed by atoms with Gasteiger partial charge in [-0.2, -0.15) is 0 Å². The van der Waals surface area contributed by atoms with E-state index in [-0.39, 0.29) is 17.9 Å². The van der Waals surface area contributed by atoms with Gasteiger partial charge >= 0.3 is 0 Å². The van der Waals surface area contributed by atoms with Crippen LogP contribution in [0.4, 0.5) is 0 Å². The average molecular weight is 346 g/mol. The van der Waals surface area contributed by atoms with Crippen molar-refractivity contribution in [3.63, 3.8) is 0 Å². The molecule has 2 aliphatic heterocycles. The fourth-order valence-corrected chi connectivity index (χ4v) is 3.71. The second-order valence-electron chi connectivity index (χ2n) is 7.50. The zero-order valence-corrected chi connectivity index (χ0v) is 14.6. The minimum atomic E-state index is -0.151. The van der Waals surface area contributed by atoms with E-state index in [1.165, 1.54) is 0 Å². The lowest BCUT2D eigenvalue weighted by Crippen LogP contribution is -2.47. The molecule has 4 rings (SSSR count). The molecule has 2 saturated heterocycles. The van der Waals surface area contributed by atoms with Crippen LogP contribution in [-0.4, -0.2) is 65.5 Å². The standard InChI is InChI=1S/C18H26N4O3/c23-17(22-7-1-2-8-22)12-21-9-5-14(6-10-21)19-18(24)15-11-16(25-20-15)13-3-4-13/h11,13-14H,1-10,12H2,(H,19,24). The van der Waals surface area contributed by atoms with Gasteiger partial charge in [0.2, 0.25) is 5.91 Å². The van der Waals surface area contributed by atoms with Crippen molar-refractivity contribution in [3.05, 3.63) is 17.5 Å². The topological polar surface area (TPSA) is 78.7 Å². The average Bonchev–Trinajstić information content (AvgIpc) is 3.13. The molecule has 0 bridgehead atoms. The molecule has 1 aromatic rings. The molecule has 7 heteroatoms. The van der Waals surface area contributed by atoms with E-state index >= 15 is 0 Å². The van der Waals surface area contributed by atoms with Crippen molar-refractivity contribution < 1.29 is 14.1 Å². The van der Waals surface area contributed by atoms with Crippen LogP contribution in [0.3, 0.4) is 0 Å². The van der Waals surface area contributed by atoms with Gasteiger partial charge in [0.15, 0.2) is 5.69 Å². The third kappa shape index (κ3) is 4.03. The summed E-state index contributed by atoms with van der Waals surface area (Å²) < 4.78 is 5.25. The van der Waals surface area contributed by atoms with Crippen molar-refractivity contribution >= 4 is 11.8 Å². The molecule has 25 heavy (non-hydrogen) atoms. The summed E-state index contributed by atoms with van der Waals surface area (Å²) in [5, 5.41) is 6.95. The van der Waals surface area contributed by atoms with Gasteiger partial charge in [0.25, 0.3) is 5.91 Å². The lowest BCUT2D eigenvalue weighted by molar-refractivity contribution is -0.131. The predicted molar refractivity (Wildman–Crippen MR) is 91.2 cm³/mol. The summed E-state index contributed by atoms with van der Waals surface area (Å²) >= 11 is 0. The number of carbonyl (C=O) groups is 2. The minimum absolute atomic E-state index is 0.145. The number of likely N-dealkylation sites (tertiary alicyclic amines) is 2. The van der Waals surface area contributed by atoms with Gasteiger partial charge in [0.1, 0.15) is 5.76 Å². The highest BCUT2D eigenvalue weighted by molar-refractivity contribution is 5.92. The molecule has 1 N–H and O–H groups in total. The third-order valence-electron chi connectivity index (χ3n) is 5.48. The Morgan fingerprint density at radius 3 is 2.52 bits per heavy atom. The Morgan fingerprint density at radius 1 is 1.12 bits per heavy atom. The number of hydrogen-bond donors (Lipinski definition) is 1. The maximum Gasteiger partial charge on any atom is 0.273 e. The molecular formula is C18H26N4O3. The molecule has 136 valence electrons. The van der Waals surface area contributed by atoms with Crippen LogP contribution in [-0.2, 0) is 4.79 Å². The number of nitrogens with one attached hydrogen (secondary N) is 1. The quantitative estimate of drug-likeness (QED) is 0.871. The SMILES string of the molecule is O=C(NC1CCN(CC(=O)N2CCCC2)CC1)c1cc(C2CC2)on1. The van der Waals surface area contributed by atoms with E-state index in [2.05, 4.69) is 15.4 Å². The Hall–Kier alpha value is -1.89. The fourth-order valence-electron chi connectivity index (χ4n) is 3.71. The second-order valence-corrected chi connectivity index (χ2v) is 7.50. The Balaban J connectivity index is 1.21. The molecule has 3 aliphatic rings. The van der Waals surface area contributed by atoms with Gasteiger partial charge in [0, 0.05) is 44.2 Å². The van der Waals surface area contributed by atoms with Crippen LogP contribution in [0, 0.1) is 0 Å². The van der Waals surface area contributed by atoms with E-state index in [0.717, 1.165) is 70.5 Å². The van der Waals surface area contributed by atoms with Crippen molar-refractivity contribution in [2.45, 2.75) is 50.5 Å². The number of piperidine rings is 1. The Kier molecular flexibility index (Phi) is 4.74. The largest absolute Gasteiger partial charge is 0.360 e. The highest BCUT2D eigenvalue weighted by atomic mass is 16.5. The van der Waals surface area contributed by atoms with E-state index < -0.39 is 0 Å². The molecule has 1 aromatic heterocycles. The van der Waals surface area contributed by atoms with E-state index in [0.29, 0.717) is 18.2 Å². The zero-order valence-electron chi connectivity index (χ0n) is 14.6. The van der Waals surface area contributed by atoms with Gasteiger partial charge < -0.3 is 14.7 Å². The molecular weight excluding hydrogens is 320 g/mol. The maximum absolute atomic E-state index is 12.3. The first-order chi connectivity index (χ1) is 12.2. The lowest BCUT2D eigenvalue weighted by atomic mass is 10.0. The highest BCUT2D eigenvalue weighted by Gasteiger charge is 2.30. The smallest absolute Gasteiger partial charge is 0.273 e. The van der Waals surface area contributed by atoms with Crippen LogP contribution in [0.1, 0.15) is 60.7 Å². The highest BCUT2D eigenvalue weighted by Crippen LogP contribution is 2.40. The summed E-state index contributed by atoms with van der Waals surface area (Å²) in [6, 6.07) is 1.92.